The van der Waals surface area contributed by atoms with Crippen molar-refractivity contribution in [3.63, 3.8) is 0 Å². The lowest BCUT2D eigenvalue weighted by atomic mass is 10.1. The monoisotopic (exact) mass is 758 g/mol. The number of nitrogens with one attached hydrogen (secondary N) is 1. The molecule has 264 valence electrons. The lowest BCUT2D eigenvalue weighted by Gasteiger charge is -2.12. The fourth-order valence-corrected chi connectivity index (χ4v) is 6.68. The van der Waals surface area contributed by atoms with Crippen LogP contribution >= 0.6 is 22.7 Å². The third-order valence-electron chi connectivity index (χ3n) is 6.50. The van der Waals surface area contributed by atoms with Crippen LogP contribution in [-0.2, 0) is 10.1 Å². The minimum absolute atomic E-state index is 0.246. The van der Waals surface area contributed by atoms with Crippen LogP contribution in [0.15, 0.2) is 65.5 Å². The lowest BCUT2D eigenvalue weighted by Crippen LogP contribution is -2.21. The standard InChI is InChI=1S/C17H15F3N2O4S2.C14H9F3N2O2S/c1-9(2)28(23,24)26-16-21-14(13-7-10(3)27-15(13)22-16)11-5-4-6-12(8-11)25-17(18,19)20;1-7-5-10-11(18-13(20)19-12(10)22-7)8-3-2-4-9(6-8)21-14(15,16)17/h4-9H,1-3H3;2-6H,1H3,(H,18,19,20). The van der Waals surface area contributed by atoms with Crippen molar-refractivity contribution in [2.75, 3.05) is 0 Å². The van der Waals surface area contributed by atoms with Crippen LogP contribution in [0.1, 0.15) is 23.6 Å². The van der Waals surface area contributed by atoms with Gasteiger partial charge in [0.1, 0.15) is 21.2 Å². The molecule has 4 heterocycles. The number of benzene rings is 2. The summed E-state index contributed by atoms with van der Waals surface area (Å²) in [6, 6.07) is 13.9. The zero-order valence-corrected chi connectivity index (χ0v) is 28.6. The number of fused-ring (bicyclic) bond motifs is 2. The van der Waals surface area contributed by atoms with Gasteiger partial charge in [0.25, 0.3) is 0 Å². The van der Waals surface area contributed by atoms with E-state index in [9.17, 15) is 39.6 Å². The minimum Gasteiger partial charge on any atom is -0.406 e. The van der Waals surface area contributed by atoms with Crippen molar-refractivity contribution in [2.45, 2.75) is 45.7 Å². The van der Waals surface area contributed by atoms with Crippen LogP contribution in [0.5, 0.6) is 17.5 Å². The predicted octanol–water partition coefficient (Wildman–Crippen LogP) is 8.54. The summed E-state index contributed by atoms with van der Waals surface area (Å²) in [7, 11) is -3.94. The Morgan fingerprint density at radius 1 is 0.740 bits per heavy atom. The Balaban J connectivity index is 0.000000200. The molecule has 10 nitrogen and oxygen atoms in total. The van der Waals surface area contributed by atoms with Gasteiger partial charge in [-0.3, -0.25) is 0 Å². The number of aryl methyl sites for hydroxylation is 2. The van der Waals surface area contributed by atoms with Crippen molar-refractivity contribution in [1.82, 2.24) is 19.9 Å². The smallest absolute Gasteiger partial charge is 0.406 e. The fourth-order valence-electron chi connectivity index (χ4n) is 4.46. The summed E-state index contributed by atoms with van der Waals surface area (Å²) in [4.78, 5) is 29.2. The van der Waals surface area contributed by atoms with Crippen LogP contribution in [-0.4, -0.2) is 46.3 Å². The quantitative estimate of drug-likeness (QED) is 0.126. The highest BCUT2D eigenvalue weighted by Gasteiger charge is 2.32. The SMILES string of the molecule is Cc1cc2c(-c3cccc(OC(F)(F)F)c3)[nH]c(=O)nc2s1.Cc1cc2c(-c3cccc(OC(F)(F)F)c3)nc(OS(=O)(=O)C(C)C)nc2s1. The van der Waals surface area contributed by atoms with Crippen LogP contribution in [0.2, 0.25) is 0 Å². The van der Waals surface area contributed by atoms with Crippen molar-refractivity contribution in [2.24, 2.45) is 0 Å². The van der Waals surface area contributed by atoms with E-state index in [0.29, 0.717) is 37.3 Å². The molecule has 6 aromatic rings. The number of thiophene rings is 2. The van der Waals surface area contributed by atoms with Crippen molar-refractivity contribution < 1.29 is 48.4 Å². The van der Waals surface area contributed by atoms with Gasteiger partial charge < -0.3 is 18.6 Å². The van der Waals surface area contributed by atoms with E-state index in [1.807, 2.05) is 19.9 Å². The van der Waals surface area contributed by atoms with Gasteiger partial charge in [0.15, 0.2) is 0 Å². The number of alkyl halides is 6. The van der Waals surface area contributed by atoms with E-state index in [1.165, 1.54) is 66.9 Å². The van der Waals surface area contributed by atoms with Crippen molar-refractivity contribution in [3.05, 3.63) is 80.9 Å². The van der Waals surface area contributed by atoms with Gasteiger partial charge in [-0.25, -0.2) is 4.79 Å². The Hall–Kier alpha value is -4.75. The summed E-state index contributed by atoms with van der Waals surface area (Å²) in [5.74, 6) is -0.760. The largest absolute Gasteiger partial charge is 0.573 e. The number of hydrogen-bond acceptors (Lipinski definition) is 11. The van der Waals surface area contributed by atoms with E-state index in [-0.39, 0.29) is 17.5 Å². The third kappa shape index (κ3) is 9.07. The molecule has 50 heavy (non-hydrogen) atoms. The van der Waals surface area contributed by atoms with Gasteiger partial charge in [-0.05, 0) is 64.1 Å². The number of rotatable bonds is 7. The van der Waals surface area contributed by atoms with Crippen molar-refractivity contribution >= 4 is 53.2 Å². The maximum Gasteiger partial charge on any atom is 0.573 e. The van der Waals surface area contributed by atoms with Crippen LogP contribution in [0.25, 0.3) is 42.9 Å². The highest BCUT2D eigenvalue weighted by Crippen LogP contribution is 2.36. The number of hydrogen-bond donors (Lipinski definition) is 1. The van der Waals surface area contributed by atoms with Gasteiger partial charge in [0, 0.05) is 31.7 Å². The van der Waals surface area contributed by atoms with E-state index in [2.05, 4.69) is 29.4 Å². The van der Waals surface area contributed by atoms with Crippen LogP contribution < -0.4 is 19.3 Å². The molecule has 0 aliphatic rings. The molecule has 19 heteroatoms. The molecule has 0 fully saturated rings. The summed E-state index contributed by atoms with van der Waals surface area (Å²) >= 11 is 2.63. The summed E-state index contributed by atoms with van der Waals surface area (Å²) in [5.41, 5.74) is 0.845. The zero-order chi connectivity index (χ0) is 36.6. The van der Waals surface area contributed by atoms with Crippen LogP contribution in [0, 0.1) is 13.8 Å². The lowest BCUT2D eigenvalue weighted by molar-refractivity contribution is -0.275. The van der Waals surface area contributed by atoms with E-state index in [1.54, 1.807) is 18.2 Å². The number of halogens is 6. The number of H-pyrrole nitrogens is 1. The molecule has 4 aromatic heterocycles. The second kappa shape index (κ2) is 13.9. The topological polar surface area (TPSA) is 133 Å². The minimum atomic E-state index is -4.84. The second-order valence-electron chi connectivity index (χ2n) is 10.7. The molecule has 0 radical (unpaired) electrons. The van der Waals surface area contributed by atoms with E-state index >= 15 is 0 Å². The Bertz CT molecular complexity index is 2350. The summed E-state index contributed by atoms with van der Waals surface area (Å²) in [6.45, 7) is 6.58. The van der Waals surface area contributed by atoms with Gasteiger partial charge >= 0.3 is 34.5 Å². The van der Waals surface area contributed by atoms with Gasteiger partial charge in [0.05, 0.1) is 16.6 Å². The maximum atomic E-state index is 12.5. The molecule has 0 spiro atoms. The molecule has 0 saturated heterocycles. The Kier molecular flexibility index (Phi) is 10.1. The first kappa shape index (κ1) is 36.5. The summed E-state index contributed by atoms with van der Waals surface area (Å²) in [6.07, 6.45) is -9.60. The first-order valence-corrected chi connectivity index (χ1v) is 17.3. The van der Waals surface area contributed by atoms with Crippen LogP contribution in [0.3, 0.4) is 0 Å². The van der Waals surface area contributed by atoms with Gasteiger partial charge in [-0.2, -0.15) is 23.4 Å². The second-order valence-corrected chi connectivity index (χ2v) is 15.3. The molecule has 0 bridgehead atoms. The number of aromatic nitrogens is 4. The third-order valence-corrected chi connectivity index (χ3v) is 9.93. The van der Waals surface area contributed by atoms with Gasteiger partial charge in [-0.1, -0.05) is 24.3 Å². The summed E-state index contributed by atoms with van der Waals surface area (Å²) in [5, 5.41) is 0.441. The normalized spacial score (nSPS) is 12.2. The Morgan fingerprint density at radius 3 is 1.82 bits per heavy atom. The first-order chi connectivity index (χ1) is 23.3. The number of ether oxygens (including phenoxy) is 2. The number of nitrogens with zero attached hydrogens (tertiary/aromatic N) is 3. The number of aromatic amines is 1. The van der Waals surface area contributed by atoms with E-state index < -0.39 is 39.5 Å². The fraction of sp³-hybridized carbons (Fsp3) is 0.226. The highest BCUT2D eigenvalue weighted by atomic mass is 32.2. The van der Waals surface area contributed by atoms with E-state index in [0.717, 1.165) is 15.8 Å². The molecule has 2 aromatic carbocycles. The maximum absolute atomic E-state index is 12.5. The molecule has 0 aliphatic carbocycles. The van der Waals surface area contributed by atoms with Crippen molar-refractivity contribution in [1.29, 1.82) is 0 Å². The molecular weight excluding hydrogens is 735 g/mol. The molecule has 1 N–H and O–H groups in total. The molecule has 0 unspecified atom stereocenters. The van der Waals surface area contributed by atoms with E-state index in [4.69, 9.17) is 4.18 Å². The average molecular weight is 759 g/mol. The molecule has 0 amide bonds. The van der Waals surface area contributed by atoms with Crippen LogP contribution in [0.4, 0.5) is 26.3 Å². The average Bonchev–Trinajstić information content (AvgIpc) is 3.55. The molecule has 0 atom stereocenters. The van der Waals surface area contributed by atoms with Gasteiger partial charge in [-0.15, -0.1) is 49.0 Å². The van der Waals surface area contributed by atoms with Crippen molar-refractivity contribution in [3.8, 4) is 40.0 Å². The summed E-state index contributed by atoms with van der Waals surface area (Å²) < 4.78 is 111. The molecule has 0 aliphatic heterocycles. The first-order valence-electron chi connectivity index (χ1n) is 14.2. The highest BCUT2D eigenvalue weighted by molar-refractivity contribution is 7.87. The molecule has 6 rings (SSSR count). The Labute approximate surface area is 287 Å². The predicted molar refractivity (Wildman–Crippen MR) is 176 cm³/mol. The Morgan fingerprint density at radius 2 is 1.26 bits per heavy atom. The molecular formula is C31H24F6N4O6S3. The zero-order valence-electron chi connectivity index (χ0n) is 26.1. The van der Waals surface area contributed by atoms with Gasteiger partial charge in [0.2, 0.25) is 0 Å². The molecule has 0 saturated carbocycles.